The van der Waals surface area contributed by atoms with Crippen LogP contribution in [-0.4, -0.2) is 42.2 Å². The Morgan fingerprint density at radius 3 is 3.00 bits per heavy atom. The van der Waals surface area contributed by atoms with E-state index in [1.54, 1.807) is 4.90 Å². The first-order valence-electron chi connectivity index (χ1n) is 6.14. The minimum absolute atomic E-state index is 0.0304. The molecule has 19 heavy (non-hydrogen) atoms. The molecular formula is C13H17N3O2S. The lowest BCUT2D eigenvalue weighted by Gasteiger charge is -2.16. The summed E-state index contributed by atoms with van der Waals surface area (Å²) in [5, 5.41) is 2.75. The van der Waals surface area contributed by atoms with Gasteiger partial charge in [0, 0.05) is 18.7 Å². The van der Waals surface area contributed by atoms with Crippen LogP contribution in [0, 0.1) is 6.92 Å². The molecular weight excluding hydrogens is 262 g/mol. The van der Waals surface area contributed by atoms with Crippen LogP contribution in [0.25, 0.3) is 0 Å². The summed E-state index contributed by atoms with van der Waals surface area (Å²) >= 11 is 4.94. The van der Waals surface area contributed by atoms with Gasteiger partial charge in [0.15, 0.2) is 0 Å². The first kappa shape index (κ1) is 13.6. The van der Waals surface area contributed by atoms with Gasteiger partial charge in [-0.25, -0.2) is 4.79 Å². The summed E-state index contributed by atoms with van der Waals surface area (Å²) in [5.74, 6) is 0.755. The van der Waals surface area contributed by atoms with Crippen molar-refractivity contribution in [3.8, 4) is 5.75 Å². The van der Waals surface area contributed by atoms with Crippen LogP contribution in [0.1, 0.15) is 11.1 Å². The number of benzene rings is 1. The Hall–Kier alpha value is -1.82. The van der Waals surface area contributed by atoms with Crippen LogP contribution >= 0.6 is 12.2 Å². The number of nitrogens with two attached hydrogens (primary N) is 1. The highest BCUT2D eigenvalue weighted by atomic mass is 32.1. The molecule has 1 aliphatic rings. The lowest BCUT2D eigenvalue weighted by Crippen LogP contribution is -2.31. The molecule has 1 aliphatic heterocycles. The molecule has 0 atom stereocenters. The predicted molar refractivity (Wildman–Crippen MR) is 77.5 cm³/mol. The van der Waals surface area contributed by atoms with Gasteiger partial charge in [-0.1, -0.05) is 24.4 Å². The quantitative estimate of drug-likeness (QED) is 0.790. The number of carbonyl (C=O) groups is 1. The lowest BCUT2D eigenvalue weighted by molar-refractivity contribution is 0.202. The first-order valence-corrected chi connectivity index (χ1v) is 6.55. The Kier molecular flexibility index (Phi) is 4.21. The molecule has 6 heteroatoms. The summed E-state index contributed by atoms with van der Waals surface area (Å²) in [5.41, 5.74) is 7.40. The summed E-state index contributed by atoms with van der Waals surface area (Å²) in [6, 6.07) is 5.60. The number of urea groups is 1. The van der Waals surface area contributed by atoms with E-state index in [0.29, 0.717) is 24.7 Å². The minimum Gasteiger partial charge on any atom is -0.491 e. The van der Waals surface area contributed by atoms with Crippen molar-refractivity contribution in [1.82, 2.24) is 10.2 Å². The number of hydrogen-bond donors (Lipinski definition) is 2. The fraction of sp³-hybridized carbons (Fsp3) is 0.385. The van der Waals surface area contributed by atoms with Crippen molar-refractivity contribution >= 4 is 23.2 Å². The molecule has 0 unspecified atom stereocenters. The van der Waals surface area contributed by atoms with Crippen molar-refractivity contribution in [3.05, 3.63) is 29.3 Å². The number of thiocarbonyl (C=S) groups is 1. The zero-order chi connectivity index (χ0) is 13.8. The number of nitrogens with zero attached hydrogens (tertiary/aromatic N) is 1. The van der Waals surface area contributed by atoms with E-state index in [9.17, 15) is 4.79 Å². The van der Waals surface area contributed by atoms with Crippen molar-refractivity contribution in [3.63, 3.8) is 0 Å². The maximum absolute atomic E-state index is 11.4. The van der Waals surface area contributed by atoms with E-state index in [-0.39, 0.29) is 6.03 Å². The zero-order valence-electron chi connectivity index (χ0n) is 10.8. The molecule has 1 fully saturated rings. The molecule has 0 aliphatic carbocycles. The van der Waals surface area contributed by atoms with Gasteiger partial charge in [0.1, 0.15) is 17.3 Å². The third kappa shape index (κ3) is 3.35. The molecule has 2 rings (SSSR count). The third-order valence-corrected chi connectivity index (χ3v) is 3.27. The molecule has 2 amide bonds. The van der Waals surface area contributed by atoms with E-state index in [1.165, 1.54) is 0 Å². The maximum Gasteiger partial charge on any atom is 0.317 e. The number of aryl methyl sites for hydroxylation is 1. The third-order valence-electron chi connectivity index (χ3n) is 3.04. The standard InChI is InChI=1S/C13H17N3O2S/c1-9-2-3-10(12(14)19)8-11(9)18-7-6-16-5-4-15-13(16)17/h2-3,8H,4-7H2,1H3,(H2,14,19)(H,15,17). The van der Waals surface area contributed by atoms with E-state index in [2.05, 4.69) is 5.32 Å². The summed E-state index contributed by atoms with van der Waals surface area (Å²) in [7, 11) is 0. The molecule has 1 heterocycles. The molecule has 1 saturated heterocycles. The summed E-state index contributed by atoms with van der Waals surface area (Å²) in [6.45, 7) is 4.42. The van der Waals surface area contributed by atoms with Gasteiger partial charge in [0.25, 0.3) is 0 Å². The van der Waals surface area contributed by atoms with E-state index >= 15 is 0 Å². The fourth-order valence-electron chi connectivity index (χ4n) is 1.90. The molecule has 0 aromatic heterocycles. The Labute approximate surface area is 117 Å². The zero-order valence-corrected chi connectivity index (χ0v) is 11.6. The van der Waals surface area contributed by atoms with Gasteiger partial charge in [-0.3, -0.25) is 0 Å². The Bertz CT molecular complexity index is 505. The van der Waals surface area contributed by atoms with Crippen molar-refractivity contribution in [2.45, 2.75) is 6.92 Å². The summed E-state index contributed by atoms with van der Waals surface area (Å²) in [6.07, 6.45) is 0. The van der Waals surface area contributed by atoms with Crippen molar-refractivity contribution in [1.29, 1.82) is 0 Å². The van der Waals surface area contributed by atoms with Gasteiger partial charge in [0.2, 0.25) is 0 Å². The minimum atomic E-state index is -0.0304. The van der Waals surface area contributed by atoms with Crippen molar-refractivity contribution in [2.75, 3.05) is 26.2 Å². The predicted octanol–water partition coefficient (Wildman–Crippen LogP) is 1.03. The van der Waals surface area contributed by atoms with Crippen molar-refractivity contribution in [2.24, 2.45) is 5.73 Å². The molecule has 1 aromatic rings. The number of hydrogen-bond acceptors (Lipinski definition) is 3. The highest BCUT2D eigenvalue weighted by Gasteiger charge is 2.18. The van der Waals surface area contributed by atoms with Crippen LogP contribution < -0.4 is 15.8 Å². The summed E-state index contributed by atoms with van der Waals surface area (Å²) in [4.78, 5) is 13.4. The number of carbonyl (C=O) groups excluding carboxylic acids is 1. The van der Waals surface area contributed by atoms with E-state index in [0.717, 1.165) is 23.4 Å². The lowest BCUT2D eigenvalue weighted by atomic mass is 10.1. The average Bonchev–Trinajstić information content (AvgIpc) is 2.77. The highest BCUT2D eigenvalue weighted by Crippen LogP contribution is 2.19. The van der Waals surface area contributed by atoms with Gasteiger partial charge < -0.3 is 20.7 Å². The second-order valence-corrected chi connectivity index (χ2v) is 4.85. The molecule has 5 nitrogen and oxygen atoms in total. The van der Waals surface area contributed by atoms with Crippen molar-refractivity contribution < 1.29 is 9.53 Å². The Morgan fingerprint density at radius 1 is 1.58 bits per heavy atom. The van der Waals surface area contributed by atoms with Gasteiger partial charge in [-0.05, 0) is 18.6 Å². The molecule has 0 bridgehead atoms. The van der Waals surface area contributed by atoms with Crippen LogP contribution in [0.4, 0.5) is 4.79 Å². The number of nitrogens with one attached hydrogen (secondary N) is 1. The number of amides is 2. The van der Waals surface area contributed by atoms with Crippen LogP contribution in [0.2, 0.25) is 0 Å². The number of ether oxygens (including phenoxy) is 1. The average molecular weight is 279 g/mol. The SMILES string of the molecule is Cc1ccc(C(N)=S)cc1OCCN1CCNC1=O. The monoisotopic (exact) mass is 279 g/mol. The fourth-order valence-corrected chi connectivity index (χ4v) is 2.03. The van der Waals surface area contributed by atoms with Gasteiger partial charge in [-0.15, -0.1) is 0 Å². The molecule has 0 radical (unpaired) electrons. The molecule has 0 saturated carbocycles. The van der Waals surface area contributed by atoms with Crippen LogP contribution in [0.3, 0.4) is 0 Å². The van der Waals surface area contributed by atoms with Gasteiger partial charge in [0.05, 0.1) is 6.54 Å². The molecule has 0 spiro atoms. The molecule has 1 aromatic carbocycles. The van der Waals surface area contributed by atoms with E-state index in [4.69, 9.17) is 22.7 Å². The highest BCUT2D eigenvalue weighted by molar-refractivity contribution is 7.80. The van der Waals surface area contributed by atoms with Crippen LogP contribution in [0.15, 0.2) is 18.2 Å². The van der Waals surface area contributed by atoms with E-state index in [1.807, 2.05) is 25.1 Å². The second-order valence-electron chi connectivity index (χ2n) is 4.41. The van der Waals surface area contributed by atoms with Gasteiger partial charge in [-0.2, -0.15) is 0 Å². The second kappa shape index (κ2) is 5.88. The molecule has 102 valence electrons. The van der Waals surface area contributed by atoms with Crippen LogP contribution in [0.5, 0.6) is 5.75 Å². The molecule has 3 N–H and O–H groups in total. The Balaban J connectivity index is 1.93. The van der Waals surface area contributed by atoms with E-state index < -0.39 is 0 Å². The van der Waals surface area contributed by atoms with Crippen LogP contribution in [-0.2, 0) is 0 Å². The smallest absolute Gasteiger partial charge is 0.317 e. The largest absolute Gasteiger partial charge is 0.491 e. The number of rotatable bonds is 5. The normalized spacial score (nSPS) is 14.4. The summed E-state index contributed by atoms with van der Waals surface area (Å²) < 4.78 is 5.70. The van der Waals surface area contributed by atoms with Gasteiger partial charge >= 0.3 is 6.03 Å². The maximum atomic E-state index is 11.4. The topological polar surface area (TPSA) is 67.6 Å². The Morgan fingerprint density at radius 2 is 2.37 bits per heavy atom. The first-order chi connectivity index (χ1) is 9.08.